The van der Waals surface area contributed by atoms with Gasteiger partial charge in [0.25, 0.3) is 0 Å². The molecule has 194 valence electrons. The Morgan fingerprint density at radius 2 is 1.38 bits per heavy atom. The second-order valence-electron chi connectivity index (χ2n) is 9.21. The Labute approximate surface area is 218 Å². The molecule has 1 aliphatic rings. The van der Waals surface area contributed by atoms with E-state index in [1.54, 1.807) is 6.08 Å². The van der Waals surface area contributed by atoms with Crippen LogP contribution < -0.4 is 0 Å². The lowest BCUT2D eigenvalue weighted by Gasteiger charge is -2.34. The zero-order chi connectivity index (χ0) is 25.9. The van der Waals surface area contributed by atoms with Crippen LogP contribution in [0.15, 0.2) is 103 Å². The van der Waals surface area contributed by atoms with Crippen LogP contribution in [0.3, 0.4) is 0 Å². The molecular weight excluding hydrogens is 468 g/mol. The summed E-state index contributed by atoms with van der Waals surface area (Å²) in [5, 5.41) is 0. The molecule has 0 saturated carbocycles. The van der Waals surface area contributed by atoms with Gasteiger partial charge in [0.15, 0.2) is 0 Å². The van der Waals surface area contributed by atoms with E-state index in [2.05, 4.69) is 0 Å². The molecule has 37 heavy (non-hydrogen) atoms. The summed E-state index contributed by atoms with van der Waals surface area (Å²) in [4.78, 5) is 11.4. The van der Waals surface area contributed by atoms with E-state index in [0.29, 0.717) is 26.4 Å². The summed E-state index contributed by atoms with van der Waals surface area (Å²) in [7, 11) is 0. The first-order valence-corrected chi connectivity index (χ1v) is 12.5. The third kappa shape index (κ3) is 7.60. The molecule has 0 radical (unpaired) electrons. The fraction of sp³-hybridized carbons (Fsp3) is 0.323. The first kappa shape index (κ1) is 26.8. The summed E-state index contributed by atoms with van der Waals surface area (Å²) in [5.41, 5.74) is 2.30. The average molecular weight is 503 g/mol. The lowest BCUT2D eigenvalue weighted by atomic mass is 9.91. The molecule has 3 aromatic carbocycles. The van der Waals surface area contributed by atoms with Crippen molar-refractivity contribution < 1.29 is 28.5 Å². The fourth-order valence-electron chi connectivity index (χ4n) is 4.37. The van der Waals surface area contributed by atoms with E-state index in [-0.39, 0.29) is 0 Å². The highest BCUT2D eigenvalue weighted by Crippen LogP contribution is 2.39. The number of hydrogen-bond donors (Lipinski definition) is 0. The molecular formula is C31H34O6. The smallest absolute Gasteiger partial charge is 0.307 e. The normalized spacial score (nSPS) is 23.4. The highest BCUT2D eigenvalue weighted by atomic mass is 16.6. The Morgan fingerprint density at radius 3 is 1.95 bits per heavy atom. The molecule has 0 spiro atoms. The van der Waals surface area contributed by atoms with Crippen molar-refractivity contribution >= 4 is 5.97 Å². The van der Waals surface area contributed by atoms with Gasteiger partial charge in [-0.3, -0.25) is 4.79 Å². The fourth-order valence-corrected chi connectivity index (χ4v) is 4.37. The largest absolute Gasteiger partial charge is 0.435 e. The quantitative estimate of drug-likeness (QED) is 0.237. The zero-order valence-electron chi connectivity index (χ0n) is 21.3. The maximum absolute atomic E-state index is 11.4. The van der Waals surface area contributed by atoms with Crippen LogP contribution in [0.2, 0.25) is 0 Å². The van der Waals surface area contributed by atoms with E-state index >= 15 is 0 Å². The van der Waals surface area contributed by atoms with Gasteiger partial charge in [-0.2, -0.15) is 0 Å². The number of carbonyl (C=O) groups excluding carboxylic acids is 1. The van der Waals surface area contributed by atoms with Gasteiger partial charge >= 0.3 is 5.97 Å². The van der Waals surface area contributed by atoms with Gasteiger partial charge in [-0.15, -0.1) is 0 Å². The minimum atomic E-state index is -0.873. The molecule has 0 aromatic heterocycles. The molecule has 1 heterocycles. The topological polar surface area (TPSA) is 63.2 Å². The van der Waals surface area contributed by atoms with Crippen molar-refractivity contribution in [1.29, 1.82) is 0 Å². The van der Waals surface area contributed by atoms with Crippen LogP contribution in [0, 0.1) is 0 Å². The predicted octanol–water partition coefficient (Wildman–Crippen LogP) is 5.61. The van der Waals surface area contributed by atoms with Crippen molar-refractivity contribution in [2.24, 2.45) is 0 Å². The Kier molecular flexibility index (Phi) is 9.63. The van der Waals surface area contributed by atoms with Crippen molar-refractivity contribution in [1.82, 2.24) is 0 Å². The van der Waals surface area contributed by atoms with Crippen LogP contribution in [0.5, 0.6) is 0 Å². The first-order valence-electron chi connectivity index (χ1n) is 12.5. The van der Waals surface area contributed by atoms with E-state index in [9.17, 15) is 4.79 Å². The van der Waals surface area contributed by atoms with Crippen molar-refractivity contribution in [3.05, 3.63) is 120 Å². The van der Waals surface area contributed by atoms with Crippen LogP contribution in [0.1, 0.15) is 30.5 Å². The first-order chi connectivity index (χ1) is 18.0. The van der Waals surface area contributed by atoms with Gasteiger partial charge in [0.05, 0.1) is 32.7 Å². The molecule has 4 atom stereocenters. The second kappa shape index (κ2) is 13.3. The maximum Gasteiger partial charge on any atom is 0.307 e. The number of hydrogen-bond acceptors (Lipinski definition) is 6. The lowest BCUT2D eigenvalue weighted by molar-refractivity contribution is -0.141. The monoisotopic (exact) mass is 502 g/mol. The summed E-state index contributed by atoms with van der Waals surface area (Å²) in [6.45, 7) is 4.89. The molecule has 1 aliphatic heterocycles. The lowest BCUT2D eigenvalue weighted by Crippen LogP contribution is -2.49. The van der Waals surface area contributed by atoms with Gasteiger partial charge in [-0.25, -0.2) is 0 Å². The molecule has 0 bridgehead atoms. The van der Waals surface area contributed by atoms with Crippen molar-refractivity contribution in [3.8, 4) is 0 Å². The Morgan fingerprint density at radius 1 is 0.838 bits per heavy atom. The van der Waals surface area contributed by atoms with Gasteiger partial charge in [0, 0.05) is 6.92 Å². The summed E-state index contributed by atoms with van der Waals surface area (Å²) in [6.07, 6.45) is 1.70. The summed E-state index contributed by atoms with van der Waals surface area (Å²) in [6, 6.07) is 30.0. The number of carbonyl (C=O) groups is 1. The van der Waals surface area contributed by atoms with Crippen molar-refractivity contribution in [2.75, 3.05) is 6.61 Å². The molecule has 0 amide bonds. The summed E-state index contributed by atoms with van der Waals surface area (Å²) in [5.74, 6) is -0.402. The SMILES string of the molecule is CC(=O)O/C=C/C1O[C@H](COCc2ccccc2)[C@@H](OCc2ccccc2)[C@@]1(C)OCc1ccccc1. The van der Waals surface area contributed by atoms with Gasteiger partial charge in [0.1, 0.15) is 23.9 Å². The summed E-state index contributed by atoms with van der Waals surface area (Å²) < 4.78 is 30.6. The van der Waals surface area contributed by atoms with E-state index in [0.717, 1.165) is 16.7 Å². The molecule has 1 fully saturated rings. The van der Waals surface area contributed by atoms with Crippen LogP contribution >= 0.6 is 0 Å². The van der Waals surface area contributed by atoms with E-state index in [4.69, 9.17) is 23.7 Å². The van der Waals surface area contributed by atoms with Crippen LogP contribution in [0.4, 0.5) is 0 Å². The van der Waals surface area contributed by atoms with Gasteiger partial charge in [0.2, 0.25) is 0 Å². The van der Waals surface area contributed by atoms with E-state index < -0.39 is 29.9 Å². The molecule has 1 unspecified atom stereocenters. The van der Waals surface area contributed by atoms with Crippen LogP contribution in [-0.2, 0) is 48.3 Å². The Bertz CT molecular complexity index is 1120. The Hall–Kier alpha value is -3.29. The predicted molar refractivity (Wildman–Crippen MR) is 140 cm³/mol. The van der Waals surface area contributed by atoms with Crippen LogP contribution in [0.25, 0.3) is 0 Å². The van der Waals surface area contributed by atoms with Gasteiger partial charge in [-0.1, -0.05) is 91.0 Å². The number of esters is 1. The average Bonchev–Trinajstić information content (AvgIpc) is 3.18. The van der Waals surface area contributed by atoms with Crippen LogP contribution in [-0.4, -0.2) is 36.5 Å². The number of benzene rings is 3. The molecule has 3 aromatic rings. The highest BCUT2D eigenvalue weighted by Gasteiger charge is 2.54. The third-order valence-corrected chi connectivity index (χ3v) is 6.34. The molecule has 1 saturated heterocycles. The highest BCUT2D eigenvalue weighted by molar-refractivity contribution is 5.66. The molecule has 6 nitrogen and oxygen atoms in total. The summed E-state index contributed by atoms with van der Waals surface area (Å²) >= 11 is 0. The standard InChI is InChI=1S/C31H34O6/c1-24(32)34-19-18-29-31(2,36-22-27-16-10-5-11-17-27)30(35-21-26-14-8-4-9-15-26)28(37-29)23-33-20-25-12-6-3-7-13-25/h3-19,28-30H,20-23H2,1-2H3/b19-18+/t28-,29?,30-,31+/m1/s1. The van der Waals surface area contributed by atoms with Gasteiger partial charge in [-0.05, 0) is 29.7 Å². The van der Waals surface area contributed by atoms with E-state index in [1.165, 1.54) is 13.2 Å². The third-order valence-electron chi connectivity index (χ3n) is 6.34. The number of ether oxygens (including phenoxy) is 5. The molecule has 6 heteroatoms. The van der Waals surface area contributed by atoms with E-state index in [1.807, 2.05) is 97.9 Å². The van der Waals surface area contributed by atoms with Gasteiger partial charge < -0.3 is 23.7 Å². The zero-order valence-corrected chi connectivity index (χ0v) is 21.3. The van der Waals surface area contributed by atoms with Crippen molar-refractivity contribution in [3.63, 3.8) is 0 Å². The molecule has 0 aliphatic carbocycles. The maximum atomic E-state index is 11.4. The minimum absolute atomic E-state index is 0.316. The molecule has 4 rings (SSSR count). The molecule has 0 N–H and O–H groups in total. The Balaban J connectivity index is 1.55. The minimum Gasteiger partial charge on any atom is -0.435 e. The second-order valence-corrected chi connectivity index (χ2v) is 9.21. The van der Waals surface area contributed by atoms with Crippen molar-refractivity contribution in [2.45, 2.75) is 57.6 Å². The number of rotatable bonds is 12.